The minimum absolute atomic E-state index is 0.401. The predicted molar refractivity (Wildman–Crippen MR) is 119 cm³/mol. The van der Waals surface area contributed by atoms with Gasteiger partial charge in [0.05, 0.1) is 5.52 Å². The Morgan fingerprint density at radius 3 is 2.42 bits per heavy atom. The molecule has 1 spiro atoms. The summed E-state index contributed by atoms with van der Waals surface area (Å²) >= 11 is 0. The molecule has 1 aromatic carbocycles. The number of nitrogens with one attached hydrogen (secondary N) is 1. The topological polar surface area (TPSA) is 20.2 Å². The maximum Gasteiger partial charge on any atom is 0.406 e. The third-order valence-electron chi connectivity index (χ3n) is 8.05. The van der Waals surface area contributed by atoms with Crippen molar-refractivity contribution in [2.45, 2.75) is 89.5 Å². The molecule has 1 N–H and O–H groups in total. The van der Waals surface area contributed by atoms with Crippen molar-refractivity contribution in [2.24, 2.45) is 5.41 Å². The molecule has 1 saturated heterocycles. The van der Waals surface area contributed by atoms with Crippen LogP contribution in [0.4, 0.5) is 18.9 Å². The Hall–Kier alpha value is -1.69. The maximum absolute atomic E-state index is 13.0. The van der Waals surface area contributed by atoms with E-state index >= 15 is 0 Å². The molecule has 1 aliphatic heterocycles. The number of nitrogens with zero attached hydrogens (tertiary/aromatic N) is 2. The van der Waals surface area contributed by atoms with Crippen LogP contribution in [0.1, 0.15) is 63.5 Å². The van der Waals surface area contributed by atoms with Crippen LogP contribution >= 0.6 is 0 Å². The normalized spacial score (nSPS) is 26.8. The summed E-state index contributed by atoms with van der Waals surface area (Å²) in [5.41, 5.74) is 2.92. The van der Waals surface area contributed by atoms with Crippen LogP contribution in [0.2, 0.25) is 0 Å². The van der Waals surface area contributed by atoms with E-state index in [4.69, 9.17) is 0 Å². The fourth-order valence-corrected chi connectivity index (χ4v) is 6.43. The van der Waals surface area contributed by atoms with Crippen molar-refractivity contribution in [1.29, 1.82) is 0 Å². The molecule has 170 valence electrons. The summed E-state index contributed by atoms with van der Waals surface area (Å²) in [6.45, 7) is 3.43. The van der Waals surface area contributed by atoms with Crippen LogP contribution in [0.3, 0.4) is 0 Å². The molecule has 0 atom stereocenters. The monoisotopic (exact) mass is 433 g/mol. The second-order valence-corrected chi connectivity index (χ2v) is 10.3. The minimum atomic E-state index is -4.22. The molecule has 0 radical (unpaired) electrons. The number of aromatic nitrogens is 1. The van der Waals surface area contributed by atoms with E-state index in [9.17, 15) is 13.2 Å². The average molecular weight is 434 g/mol. The van der Waals surface area contributed by atoms with Crippen molar-refractivity contribution in [1.82, 2.24) is 9.47 Å². The highest BCUT2D eigenvalue weighted by Gasteiger charge is 2.45. The number of anilines is 1. The number of benzene rings is 1. The summed E-state index contributed by atoms with van der Waals surface area (Å²) in [6.07, 6.45) is 7.60. The van der Waals surface area contributed by atoms with Gasteiger partial charge < -0.3 is 9.88 Å². The molecule has 3 nitrogen and oxygen atoms in total. The van der Waals surface area contributed by atoms with E-state index in [0.717, 1.165) is 30.0 Å². The van der Waals surface area contributed by atoms with E-state index in [2.05, 4.69) is 10.2 Å². The molecule has 3 aliphatic rings. The van der Waals surface area contributed by atoms with E-state index in [1.165, 1.54) is 62.6 Å². The number of alkyl halides is 3. The molecule has 2 saturated carbocycles. The molecule has 3 fully saturated rings. The number of halogens is 3. The van der Waals surface area contributed by atoms with Gasteiger partial charge in [-0.15, -0.1) is 0 Å². The number of hydrogen-bond donors (Lipinski definition) is 1. The van der Waals surface area contributed by atoms with Crippen molar-refractivity contribution in [3.8, 4) is 0 Å². The van der Waals surface area contributed by atoms with Crippen molar-refractivity contribution in [3.05, 3.63) is 30.0 Å². The Kier molecular flexibility index (Phi) is 5.48. The SMILES string of the molecule is Cc1cc2c(NC3CCC(N4CC5(CCCCC5)C4)CC3)cccc2n1CC(F)(F)F. The zero-order valence-corrected chi connectivity index (χ0v) is 18.5. The van der Waals surface area contributed by atoms with Gasteiger partial charge >= 0.3 is 6.18 Å². The molecular weight excluding hydrogens is 399 g/mol. The van der Waals surface area contributed by atoms with E-state index < -0.39 is 12.7 Å². The lowest BCUT2D eigenvalue weighted by Crippen LogP contribution is -2.61. The van der Waals surface area contributed by atoms with Crippen LogP contribution in [0, 0.1) is 12.3 Å². The van der Waals surface area contributed by atoms with Crippen molar-refractivity contribution >= 4 is 16.6 Å². The first-order valence-electron chi connectivity index (χ1n) is 12.0. The largest absolute Gasteiger partial charge is 0.406 e. The molecule has 1 aromatic heterocycles. The summed E-state index contributed by atoms with van der Waals surface area (Å²) in [4.78, 5) is 2.73. The Labute approximate surface area is 183 Å². The zero-order chi connectivity index (χ0) is 21.6. The van der Waals surface area contributed by atoms with Crippen molar-refractivity contribution in [3.63, 3.8) is 0 Å². The average Bonchev–Trinajstić information content (AvgIpc) is 3.02. The second-order valence-electron chi connectivity index (χ2n) is 10.3. The van der Waals surface area contributed by atoms with Gasteiger partial charge in [-0.25, -0.2) is 0 Å². The van der Waals surface area contributed by atoms with Crippen molar-refractivity contribution in [2.75, 3.05) is 18.4 Å². The Morgan fingerprint density at radius 2 is 1.74 bits per heavy atom. The quantitative estimate of drug-likeness (QED) is 0.594. The fraction of sp³-hybridized carbons (Fsp3) is 0.680. The third kappa shape index (κ3) is 4.33. The lowest BCUT2D eigenvalue weighted by molar-refractivity contribution is -0.140. The van der Waals surface area contributed by atoms with E-state index in [1.54, 1.807) is 13.0 Å². The molecular formula is C25H34F3N3. The molecule has 2 heterocycles. The predicted octanol–water partition coefficient (Wildman–Crippen LogP) is 6.50. The number of fused-ring (bicyclic) bond motifs is 1. The van der Waals surface area contributed by atoms with E-state index in [0.29, 0.717) is 22.7 Å². The smallest absolute Gasteiger partial charge is 0.382 e. The van der Waals surface area contributed by atoms with Crippen LogP contribution in [0.15, 0.2) is 24.3 Å². The molecule has 0 unspecified atom stereocenters. The van der Waals surface area contributed by atoms with Gasteiger partial charge in [0.25, 0.3) is 0 Å². The van der Waals surface area contributed by atoms with Crippen molar-refractivity contribution < 1.29 is 13.2 Å². The highest BCUT2D eigenvalue weighted by molar-refractivity contribution is 5.93. The Bertz CT molecular complexity index is 910. The van der Waals surface area contributed by atoms with E-state index in [-0.39, 0.29) is 0 Å². The lowest BCUT2D eigenvalue weighted by Gasteiger charge is -2.56. The summed E-state index contributed by atoms with van der Waals surface area (Å²) in [5, 5.41) is 4.56. The Morgan fingerprint density at radius 1 is 1.03 bits per heavy atom. The van der Waals surface area contributed by atoms with Gasteiger partial charge in [0.15, 0.2) is 0 Å². The lowest BCUT2D eigenvalue weighted by atomic mass is 9.67. The minimum Gasteiger partial charge on any atom is -0.382 e. The van der Waals surface area contributed by atoms with Gasteiger partial charge in [0.2, 0.25) is 0 Å². The number of likely N-dealkylation sites (tertiary alicyclic amines) is 1. The van der Waals surface area contributed by atoms with Gasteiger partial charge in [-0.05, 0) is 69.1 Å². The molecule has 0 amide bonds. The molecule has 2 aromatic rings. The fourth-order valence-electron chi connectivity index (χ4n) is 6.43. The highest BCUT2D eigenvalue weighted by Crippen LogP contribution is 2.46. The van der Waals surface area contributed by atoms with Crippen LogP contribution in [0.5, 0.6) is 0 Å². The van der Waals surface area contributed by atoms with Gasteiger partial charge in [-0.3, -0.25) is 4.90 Å². The standard InChI is InChI=1S/C25H34F3N3/c1-18-14-21-22(6-5-7-23(21)31(18)17-25(26,27)28)29-19-8-10-20(11-9-19)30-15-24(16-30)12-3-2-4-13-24/h5-7,14,19-20,29H,2-4,8-13,15-17H2,1H3. The van der Waals surface area contributed by atoms with Gasteiger partial charge in [0, 0.05) is 41.9 Å². The second kappa shape index (κ2) is 8.02. The molecule has 6 heteroatoms. The summed E-state index contributed by atoms with van der Waals surface area (Å²) in [6, 6.07) is 8.68. The van der Waals surface area contributed by atoms with E-state index in [1.807, 2.05) is 18.2 Å². The zero-order valence-electron chi connectivity index (χ0n) is 18.5. The summed E-state index contributed by atoms with van der Waals surface area (Å²) < 4.78 is 40.4. The Balaban J connectivity index is 1.20. The third-order valence-corrected chi connectivity index (χ3v) is 8.05. The van der Waals surface area contributed by atoms with Crippen LogP contribution < -0.4 is 5.32 Å². The first-order valence-corrected chi connectivity index (χ1v) is 12.0. The molecule has 5 rings (SSSR count). The first kappa shape index (κ1) is 21.2. The number of rotatable bonds is 4. The summed E-state index contributed by atoms with van der Waals surface area (Å²) in [7, 11) is 0. The molecule has 0 bridgehead atoms. The highest BCUT2D eigenvalue weighted by atomic mass is 19.4. The number of aryl methyl sites for hydroxylation is 1. The first-order chi connectivity index (χ1) is 14.8. The number of hydrogen-bond acceptors (Lipinski definition) is 2. The van der Waals surface area contributed by atoms with Crippen LogP contribution in [-0.4, -0.2) is 40.8 Å². The van der Waals surface area contributed by atoms with Gasteiger partial charge in [-0.1, -0.05) is 25.3 Å². The molecule has 31 heavy (non-hydrogen) atoms. The van der Waals surface area contributed by atoms with Gasteiger partial charge in [-0.2, -0.15) is 13.2 Å². The maximum atomic E-state index is 13.0. The molecule has 2 aliphatic carbocycles. The van der Waals surface area contributed by atoms with Crippen LogP contribution in [-0.2, 0) is 6.54 Å². The van der Waals surface area contributed by atoms with Gasteiger partial charge in [0.1, 0.15) is 6.54 Å². The van der Waals surface area contributed by atoms with Crippen LogP contribution in [0.25, 0.3) is 10.9 Å². The summed E-state index contributed by atoms with van der Waals surface area (Å²) in [5.74, 6) is 0.